The summed E-state index contributed by atoms with van der Waals surface area (Å²) >= 11 is 1.46. The number of aryl methyl sites for hydroxylation is 2. The summed E-state index contributed by atoms with van der Waals surface area (Å²) in [6, 6.07) is 3.96. The van der Waals surface area contributed by atoms with E-state index >= 15 is 0 Å². The second kappa shape index (κ2) is 9.05. The van der Waals surface area contributed by atoms with E-state index in [1.165, 1.54) is 17.8 Å². The highest BCUT2D eigenvalue weighted by Crippen LogP contribution is 2.18. The van der Waals surface area contributed by atoms with Crippen molar-refractivity contribution in [3.63, 3.8) is 0 Å². The topological polar surface area (TPSA) is 116 Å². The average molecular weight is 374 g/mol. The van der Waals surface area contributed by atoms with Gasteiger partial charge in [-0.05, 0) is 49.5 Å². The molecule has 0 fully saturated rings. The predicted octanol–water partition coefficient (Wildman–Crippen LogP) is 0.732. The maximum Gasteiger partial charge on any atom is 0.324 e. The van der Waals surface area contributed by atoms with Gasteiger partial charge in [-0.15, -0.1) is 0 Å². The van der Waals surface area contributed by atoms with Gasteiger partial charge < -0.3 is 10.5 Å². The monoisotopic (exact) mass is 374 g/mol. The molecule has 0 aliphatic heterocycles. The molecule has 1 atom stereocenters. The van der Waals surface area contributed by atoms with Crippen LogP contribution < -0.4 is 10.5 Å². The number of amides is 1. The average Bonchev–Trinajstić information content (AvgIpc) is 2.51. The third kappa shape index (κ3) is 6.14. The number of carbonyl (C=O) groups is 2. The van der Waals surface area contributed by atoms with Crippen molar-refractivity contribution in [2.75, 3.05) is 18.6 Å². The minimum Gasteiger partial charge on any atom is -0.454 e. The Morgan fingerprint density at radius 3 is 2.58 bits per heavy atom. The van der Waals surface area contributed by atoms with Gasteiger partial charge in [0, 0.05) is 0 Å². The van der Waals surface area contributed by atoms with Gasteiger partial charge in [0.05, 0.1) is 4.90 Å². The molecule has 0 heterocycles. The molecule has 3 N–H and O–H groups in total. The fourth-order valence-electron chi connectivity index (χ4n) is 1.95. The molecule has 1 amide bonds. The number of nitrogens with one attached hydrogen (secondary N) is 1. The summed E-state index contributed by atoms with van der Waals surface area (Å²) in [5, 5.41) is 0. The van der Waals surface area contributed by atoms with Crippen LogP contribution in [0.1, 0.15) is 17.5 Å². The first-order valence-corrected chi connectivity index (χ1v) is 10.1. The molecule has 134 valence electrons. The summed E-state index contributed by atoms with van der Waals surface area (Å²) in [6.07, 6.45) is 2.08. The SMILES string of the molecule is CSCC[C@@H](NS(=O)(=O)c1cc(C)ccc1C)C(=O)OCC(N)=O. The molecule has 9 heteroatoms. The number of sulfonamides is 1. The molecular weight excluding hydrogens is 352 g/mol. The standard InChI is InChI=1S/C15H22N2O5S2/c1-10-4-5-11(2)13(8-10)24(20,21)17-12(6-7-23-3)15(19)22-9-14(16)18/h4-5,8,12,17H,6-7,9H2,1-3H3,(H2,16,18)/t12-/m1/s1. The fourth-order valence-corrected chi connectivity index (χ4v) is 3.97. The zero-order valence-electron chi connectivity index (χ0n) is 13.9. The van der Waals surface area contributed by atoms with Crippen LogP contribution in [0, 0.1) is 13.8 Å². The highest BCUT2D eigenvalue weighted by Gasteiger charge is 2.28. The van der Waals surface area contributed by atoms with Crippen LogP contribution >= 0.6 is 11.8 Å². The van der Waals surface area contributed by atoms with E-state index in [0.29, 0.717) is 11.3 Å². The number of rotatable bonds is 9. The highest BCUT2D eigenvalue weighted by molar-refractivity contribution is 7.98. The molecule has 0 spiro atoms. The molecule has 7 nitrogen and oxygen atoms in total. The Kier molecular flexibility index (Phi) is 7.71. The molecule has 1 aromatic carbocycles. The minimum absolute atomic E-state index is 0.111. The molecule has 0 saturated heterocycles. The Balaban J connectivity index is 3.00. The number of thioether (sulfide) groups is 1. The fraction of sp³-hybridized carbons (Fsp3) is 0.467. The smallest absolute Gasteiger partial charge is 0.324 e. The van der Waals surface area contributed by atoms with Crippen LogP contribution in [-0.2, 0) is 24.3 Å². The Hall–Kier alpha value is -1.58. The lowest BCUT2D eigenvalue weighted by Gasteiger charge is -2.18. The lowest BCUT2D eigenvalue weighted by Crippen LogP contribution is -2.43. The van der Waals surface area contributed by atoms with Gasteiger partial charge in [-0.3, -0.25) is 9.59 Å². The van der Waals surface area contributed by atoms with E-state index in [4.69, 9.17) is 10.5 Å². The molecule has 0 aliphatic carbocycles. The highest BCUT2D eigenvalue weighted by atomic mass is 32.2. The Bertz CT molecular complexity index is 704. The minimum atomic E-state index is -3.90. The van der Waals surface area contributed by atoms with Crippen molar-refractivity contribution in [3.05, 3.63) is 29.3 Å². The van der Waals surface area contributed by atoms with Crippen LogP contribution in [0.15, 0.2) is 23.1 Å². The molecule has 0 radical (unpaired) electrons. The van der Waals surface area contributed by atoms with Crippen molar-refractivity contribution in [1.82, 2.24) is 4.72 Å². The molecule has 1 rings (SSSR count). The van der Waals surface area contributed by atoms with Gasteiger partial charge in [0.25, 0.3) is 5.91 Å². The van der Waals surface area contributed by atoms with E-state index in [-0.39, 0.29) is 11.3 Å². The number of carbonyl (C=O) groups excluding carboxylic acids is 2. The number of esters is 1. The summed E-state index contributed by atoms with van der Waals surface area (Å²) in [5.74, 6) is -1.08. The third-order valence-electron chi connectivity index (χ3n) is 3.18. The van der Waals surface area contributed by atoms with Crippen LogP contribution in [0.2, 0.25) is 0 Å². The summed E-state index contributed by atoms with van der Waals surface area (Å²) in [4.78, 5) is 22.9. The molecular formula is C15H22N2O5S2. The van der Waals surface area contributed by atoms with Crippen LogP contribution in [0.5, 0.6) is 0 Å². The quantitative estimate of drug-likeness (QED) is 0.616. The largest absolute Gasteiger partial charge is 0.454 e. The maximum atomic E-state index is 12.6. The Morgan fingerprint density at radius 2 is 2.00 bits per heavy atom. The first kappa shape index (κ1) is 20.5. The first-order valence-electron chi connectivity index (χ1n) is 7.21. The van der Waals surface area contributed by atoms with Gasteiger partial charge in [-0.25, -0.2) is 8.42 Å². The molecule has 0 saturated carbocycles. The number of hydrogen-bond donors (Lipinski definition) is 2. The molecule has 0 aliphatic rings. The molecule has 0 aromatic heterocycles. The van der Waals surface area contributed by atoms with Gasteiger partial charge >= 0.3 is 5.97 Å². The summed E-state index contributed by atoms with van der Waals surface area (Å²) in [5.41, 5.74) is 6.30. The molecule has 1 aromatic rings. The number of primary amides is 1. The van der Waals surface area contributed by atoms with E-state index < -0.39 is 34.5 Å². The van der Waals surface area contributed by atoms with Crippen molar-refractivity contribution >= 4 is 33.7 Å². The van der Waals surface area contributed by atoms with Gasteiger partial charge in [0.2, 0.25) is 10.0 Å². The molecule has 24 heavy (non-hydrogen) atoms. The Labute approximate surface area is 146 Å². The van der Waals surface area contributed by atoms with Crippen LogP contribution in [-0.4, -0.2) is 45.0 Å². The number of ether oxygens (including phenoxy) is 1. The van der Waals surface area contributed by atoms with Gasteiger partial charge in [0.1, 0.15) is 6.04 Å². The first-order chi connectivity index (χ1) is 11.2. The predicted molar refractivity (Wildman–Crippen MR) is 93.2 cm³/mol. The number of hydrogen-bond acceptors (Lipinski definition) is 6. The summed E-state index contributed by atoms with van der Waals surface area (Å²) in [6.45, 7) is 2.88. The van der Waals surface area contributed by atoms with Crippen LogP contribution in [0.25, 0.3) is 0 Å². The van der Waals surface area contributed by atoms with E-state index in [0.717, 1.165) is 5.56 Å². The van der Waals surface area contributed by atoms with Gasteiger partial charge in [0.15, 0.2) is 6.61 Å². The van der Waals surface area contributed by atoms with Crippen molar-refractivity contribution in [2.24, 2.45) is 5.73 Å². The summed E-state index contributed by atoms with van der Waals surface area (Å²) < 4.78 is 32.3. The maximum absolute atomic E-state index is 12.6. The van der Waals surface area contributed by atoms with Crippen molar-refractivity contribution in [1.29, 1.82) is 0 Å². The molecule has 0 bridgehead atoms. The van der Waals surface area contributed by atoms with Gasteiger partial charge in [-0.2, -0.15) is 16.5 Å². The summed E-state index contributed by atoms with van der Waals surface area (Å²) in [7, 11) is -3.90. The van der Waals surface area contributed by atoms with Crippen LogP contribution in [0.3, 0.4) is 0 Å². The third-order valence-corrected chi connectivity index (χ3v) is 5.44. The lowest BCUT2D eigenvalue weighted by molar-refractivity contribution is -0.149. The zero-order chi connectivity index (χ0) is 18.3. The lowest BCUT2D eigenvalue weighted by atomic mass is 10.2. The number of benzene rings is 1. The van der Waals surface area contributed by atoms with Crippen molar-refractivity contribution in [2.45, 2.75) is 31.2 Å². The van der Waals surface area contributed by atoms with E-state index in [1.807, 2.05) is 6.26 Å². The second-order valence-electron chi connectivity index (χ2n) is 5.30. The normalized spacial score (nSPS) is 12.6. The van der Waals surface area contributed by atoms with Crippen LogP contribution in [0.4, 0.5) is 0 Å². The Morgan fingerprint density at radius 1 is 1.33 bits per heavy atom. The number of nitrogens with two attached hydrogens (primary N) is 1. The zero-order valence-corrected chi connectivity index (χ0v) is 15.5. The van der Waals surface area contributed by atoms with Crippen molar-refractivity contribution < 1.29 is 22.7 Å². The van der Waals surface area contributed by atoms with Crippen molar-refractivity contribution in [3.8, 4) is 0 Å². The molecule has 0 unspecified atom stereocenters. The van der Waals surface area contributed by atoms with E-state index in [9.17, 15) is 18.0 Å². The van der Waals surface area contributed by atoms with E-state index in [2.05, 4.69) is 4.72 Å². The second-order valence-corrected chi connectivity index (χ2v) is 7.97. The van der Waals surface area contributed by atoms with Gasteiger partial charge in [-0.1, -0.05) is 12.1 Å². The van der Waals surface area contributed by atoms with E-state index in [1.54, 1.807) is 26.0 Å².